The van der Waals surface area contributed by atoms with Crippen LogP contribution in [0.4, 0.5) is 10.5 Å². The Balaban J connectivity index is 1.58. The molecule has 3 amide bonds. The Morgan fingerprint density at radius 1 is 1.22 bits per heavy atom. The number of urea groups is 1. The molecule has 1 atom stereocenters. The SMILES string of the molecule is COC(=O)CNC(=O)c1ccc(NC(=O)N2CCCC2c2ccsc2)cc1. The summed E-state index contributed by atoms with van der Waals surface area (Å²) >= 11 is 1.63. The Morgan fingerprint density at radius 2 is 2.00 bits per heavy atom. The van der Waals surface area contributed by atoms with Crippen molar-refractivity contribution in [1.82, 2.24) is 10.2 Å². The average Bonchev–Trinajstić information content (AvgIpc) is 3.37. The molecule has 1 fully saturated rings. The third kappa shape index (κ3) is 4.65. The second-order valence-electron chi connectivity index (χ2n) is 6.17. The standard InChI is InChI=1S/C19H21N3O4S/c1-26-17(23)11-20-18(24)13-4-6-15(7-5-13)21-19(25)22-9-2-3-16(22)14-8-10-27-12-14/h4-8,10,12,16H,2-3,9,11H2,1H3,(H,20,24)(H,21,25). The highest BCUT2D eigenvalue weighted by atomic mass is 32.1. The van der Waals surface area contributed by atoms with Gasteiger partial charge in [0.05, 0.1) is 13.2 Å². The van der Waals surface area contributed by atoms with Crippen molar-refractivity contribution in [3.63, 3.8) is 0 Å². The van der Waals surface area contributed by atoms with Crippen molar-refractivity contribution in [3.8, 4) is 0 Å². The molecule has 2 heterocycles. The molecule has 0 aliphatic carbocycles. The number of amides is 3. The topological polar surface area (TPSA) is 87.7 Å². The summed E-state index contributed by atoms with van der Waals surface area (Å²) in [5, 5.41) is 9.46. The van der Waals surface area contributed by atoms with E-state index in [0.717, 1.165) is 19.4 Å². The fraction of sp³-hybridized carbons (Fsp3) is 0.316. The first-order chi connectivity index (χ1) is 13.1. The molecular formula is C19H21N3O4S. The van der Waals surface area contributed by atoms with Crippen LogP contribution in [0.3, 0.4) is 0 Å². The van der Waals surface area contributed by atoms with Crippen molar-refractivity contribution >= 4 is 34.9 Å². The van der Waals surface area contributed by atoms with E-state index in [9.17, 15) is 14.4 Å². The Hall–Kier alpha value is -2.87. The zero-order chi connectivity index (χ0) is 19.2. The maximum atomic E-state index is 12.6. The van der Waals surface area contributed by atoms with Crippen LogP contribution in [-0.2, 0) is 9.53 Å². The molecule has 8 heteroatoms. The Labute approximate surface area is 161 Å². The fourth-order valence-corrected chi connectivity index (χ4v) is 3.75. The van der Waals surface area contributed by atoms with E-state index in [1.165, 1.54) is 12.7 Å². The van der Waals surface area contributed by atoms with Crippen LogP contribution in [0, 0.1) is 0 Å². The lowest BCUT2D eigenvalue weighted by Crippen LogP contribution is -2.34. The summed E-state index contributed by atoms with van der Waals surface area (Å²) in [6.45, 7) is 0.535. The normalized spacial score (nSPS) is 16.0. The van der Waals surface area contributed by atoms with Crippen LogP contribution in [0.2, 0.25) is 0 Å². The van der Waals surface area contributed by atoms with E-state index < -0.39 is 5.97 Å². The van der Waals surface area contributed by atoms with Gasteiger partial charge in [-0.1, -0.05) is 0 Å². The highest BCUT2D eigenvalue weighted by Crippen LogP contribution is 2.33. The molecule has 142 valence electrons. The molecule has 1 aliphatic heterocycles. The van der Waals surface area contributed by atoms with Gasteiger partial charge in [-0.3, -0.25) is 9.59 Å². The lowest BCUT2D eigenvalue weighted by atomic mass is 10.1. The predicted octanol–water partition coefficient (Wildman–Crippen LogP) is 3.02. The number of hydrogen-bond acceptors (Lipinski definition) is 5. The first-order valence-electron chi connectivity index (χ1n) is 8.63. The first-order valence-corrected chi connectivity index (χ1v) is 9.57. The smallest absolute Gasteiger partial charge is 0.325 e. The molecule has 1 aliphatic rings. The van der Waals surface area contributed by atoms with Crippen LogP contribution in [0.25, 0.3) is 0 Å². The number of methoxy groups -OCH3 is 1. The molecule has 1 aromatic carbocycles. The van der Waals surface area contributed by atoms with Gasteiger partial charge < -0.3 is 20.3 Å². The van der Waals surface area contributed by atoms with Crippen LogP contribution in [0.15, 0.2) is 41.1 Å². The molecular weight excluding hydrogens is 366 g/mol. The quantitative estimate of drug-likeness (QED) is 0.772. The van der Waals surface area contributed by atoms with E-state index >= 15 is 0 Å². The molecule has 0 saturated carbocycles. The van der Waals surface area contributed by atoms with E-state index in [4.69, 9.17) is 0 Å². The lowest BCUT2D eigenvalue weighted by molar-refractivity contribution is -0.139. The third-order valence-corrected chi connectivity index (χ3v) is 5.16. The number of esters is 1. The number of nitrogens with zero attached hydrogens (tertiary/aromatic N) is 1. The second-order valence-corrected chi connectivity index (χ2v) is 6.95. The molecule has 1 unspecified atom stereocenters. The number of carbonyl (C=O) groups is 3. The van der Waals surface area contributed by atoms with Crippen molar-refractivity contribution in [1.29, 1.82) is 0 Å². The minimum Gasteiger partial charge on any atom is -0.468 e. The largest absolute Gasteiger partial charge is 0.468 e. The molecule has 0 radical (unpaired) electrons. The maximum absolute atomic E-state index is 12.6. The Morgan fingerprint density at radius 3 is 2.67 bits per heavy atom. The number of likely N-dealkylation sites (tertiary alicyclic amines) is 1. The van der Waals surface area contributed by atoms with Gasteiger partial charge in [-0.05, 0) is 59.5 Å². The van der Waals surface area contributed by atoms with Crippen LogP contribution in [-0.4, -0.2) is 43.0 Å². The third-order valence-electron chi connectivity index (χ3n) is 4.46. The molecule has 0 bridgehead atoms. The van der Waals surface area contributed by atoms with Gasteiger partial charge in [0.15, 0.2) is 0 Å². The molecule has 2 N–H and O–H groups in total. The highest BCUT2D eigenvalue weighted by Gasteiger charge is 2.30. The summed E-state index contributed by atoms with van der Waals surface area (Å²) in [5.41, 5.74) is 2.18. The number of carbonyl (C=O) groups excluding carboxylic acids is 3. The number of rotatable bonds is 5. The van der Waals surface area contributed by atoms with E-state index in [0.29, 0.717) is 11.3 Å². The van der Waals surface area contributed by atoms with Crippen molar-refractivity contribution < 1.29 is 19.1 Å². The molecule has 0 spiro atoms. The minimum absolute atomic E-state index is 0.111. The second kappa shape index (κ2) is 8.68. The van der Waals surface area contributed by atoms with Crippen molar-refractivity contribution in [3.05, 3.63) is 52.2 Å². The van der Waals surface area contributed by atoms with Crippen LogP contribution in [0.5, 0.6) is 0 Å². The minimum atomic E-state index is -0.516. The van der Waals surface area contributed by atoms with Gasteiger partial charge >= 0.3 is 12.0 Å². The van der Waals surface area contributed by atoms with Crippen molar-refractivity contribution in [2.75, 3.05) is 25.5 Å². The van der Waals surface area contributed by atoms with Gasteiger partial charge in [0.1, 0.15) is 6.54 Å². The van der Waals surface area contributed by atoms with E-state index in [1.54, 1.807) is 35.6 Å². The summed E-state index contributed by atoms with van der Waals surface area (Å²) in [6.07, 6.45) is 1.94. The van der Waals surface area contributed by atoms with E-state index in [-0.39, 0.29) is 24.5 Å². The summed E-state index contributed by atoms with van der Waals surface area (Å²) < 4.78 is 4.48. The summed E-state index contributed by atoms with van der Waals surface area (Å²) in [6, 6.07) is 8.56. The predicted molar refractivity (Wildman–Crippen MR) is 103 cm³/mol. The van der Waals surface area contributed by atoms with Gasteiger partial charge in [-0.2, -0.15) is 11.3 Å². The molecule has 3 rings (SSSR count). The highest BCUT2D eigenvalue weighted by molar-refractivity contribution is 7.08. The van der Waals surface area contributed by atoms with E-state index in [2.05, 4.69) is 26.8 Å². The maximum Gasteiger partial charge on any atom is 0.325 e. The van der Waals surface area contributed by atoms with Crippen molar-refractivity contribution in [2.45, 2.75) is 18.9 Å². The van der Waals surface area contributed by atoms with E-state index in [1.807, 2.05) is 10.3 Å². The van der Waals surface area contributed by atoms with Crippen molar-refractivity contribution in [2.24, 2.45) is 0 Å². The summed E-state index contributed by atoms with van der Waals surface area (Å²) in [4.78, 5) is 37.5. The zero-order valence-corrected chi connectivity index (χ0v) is 15.8. The average molecular weight is 387 g/mol. The first kappa shape index (κ1) is 18.9. The van der Waals surface area contributed by atoms with Gasteiger partial charge in [0.2, 0.25) is 0 Å². The van der Waals surface area contributed by atoms with Gasteiger partial charge in [0, 0.05) is 17.8 Å². The van der Waals surface area contributed by atoms with Gasteiger partial charge in [-0.25, -0.2) is 4.79 Å². The number of hydrogen-bond donors (Lipinski definition) is 2. The van der Waals surface area contributed by atoms with Crippen LogP contribution < -0.4 is 10.6 Å². The summed E-state index contributed by atoms with van der Waals surface area (Å²) in [5.74, 6) is -0.895. The van der Waals surface area contributed by atoms with Crippen LogP contribution in [0.1, 0.15) is 34.8 Å². The Kier molecular flexibility index (Phi) is 6.08. The fourth-order valence-electron chi connectivity index (χ4n) is 3.05. The Bertz CT molecular complexity index is 805. The van der Waals surface area contributed by atoms with Crippen LogP contribution >= 0.6 is 11.3 Å². The number of nitrogens with one attached hydrogen (secondary N) is 2. The molecule has 1 aromatic heterocycles. The van der Waals surface area contributed by atoms with Gasteiger partial charge in [-0.15, -0.1) is 0 Å². The monoisotopic (exact) mass is 387 g/mol. The molecule has 2 aromatic rings. The number of anilines is 1. The number of benzene rings is 1. The lowest BCUT2D eigenvalue weighted by Gasteiger charge is -2.24. The molecule has 1 saturated heterocycles. The number of ether oxygens (including phenoxy) is 1. The summed E-state index contributed by atoms with van der Waals surface area (Å²) in [7, 11) is 1.26. The zero-order valence-electron chi connectivity index (χ0n) is 14.9. The number of thiophene rings is 1. The van der Waals surface area contributed by atoms with Gasteiger partial charge in [0.25, 0.3) is 5.91 Å². The molecule has 7 nitrogen and oxygen atoms in total. The molecule has 27 heavy (non-hydrogen) atoms.